The fourth-order valence-corrected chi connectivity index (χ4v) is 1.98. The van der Waals surface area contributed by atoms with Gasteiger partial charge in [-0.25, -0.2) is 0 Å². The van der Waals surface area contributed by atoms with E-state index in [0.29, 0.717) is 0 Å². The standard InChI is InChI=1S/C11H19NO2/c1-9(2)8-12-7-5-3-4-6-10(12)11(13)14/h10H,1,3-8H2,2H3,(H,13,14). The van der Waals surface area contributed by atoms with Gasteiger partial charge in [0.25, 0.3) is 0 Å². The highest BCUT2D eigenvalue weighted by Crippen LogP contribution is 2.17. The number of rotatable bonds is 3. The summed E-state index contributed by atoms with van der Waals surface area (Å²) in [5.41, 5.74) is 1.04. The van der Waals surface area contributed by atoms with E-state index in [4.69, 9.17) is 5.11 Å². The van der Waals surface area contributed by atoms with E-state index in [1.807, 2.05) is 11.8 Å². The Morgan fingerprint density at radius 2 is 2.21 bits per heavy atom. The highest BCUT2D eigenvalue weighted by atomic mass is 16.4. The van der Waals surface area contributed by atoms with Gasteiger partial charge in [-0.15, -0.1) is 0 Å². The second-order valence-corrected chi connectivity index (χ2v) is 4.13. The molecule has 0 spiro atoms. The highest BCUT2D eigenvalue weighted by Gasteiger charge is 2.26. The molecule has 1 unspecified atom stereocenters. The molecule has 1 N–H and O–H groups in total. The average Bonchev–Trinajstić information content (AvgIpc) is 2.28. The van der Waals surface area contributed by atoms with Crippen molar-refractivity contribution in [3.05, 3.63) is 12.2 Å². The van der Waals surface area contributed by atoms with Crippen LogP contribution in [0.15, 0.2) is 12.2 Å². The van der Waals surface area contributed by atoms with Crippen LogP contribution in [0.1, 0.15) is 32.6 Å². The molecule has 0 aromatic heterocycles. The second kappa shape index (κ2) is 5.15. The van der Waals surface area contributed by atoms with E-state index in [0.717, 1.165) is 44.3 Å². The summed E-state index contributed by atoms with van der Waals surface area (Å²) in [5, 5.41) is 9.08. The van der Waals surface area contributed by atoms with Gasteiger partial charge in [-0.05, 0) is 26.3 Å². The molecule has 3 nitrogen and oxygen atoms in total. The Morgan fingerprint density at radius 3 is 2.79 bits per heavy atom. The molecular weight excluding hydrogens is 178 g/mol. The zero-order valence-electron chi connectivity index (χ0n) is 8.83. The number of carbonyl (C=O) groups is 1. The number of aliphatic carboxylic acids is 1. The Kier molecular flexibility index (Phi) is 4.14. The van der Waals surface area contributed by atoms with Crippen LogP contribution in [-0.2, 0) is 4.79 Å². The summed E-state index contributed by atoms with van der Waals surface area (Å²) in [6.07, 6.45) is 4.07. The Morgan fingerprint density at radius 1 is 1.50 bits per heavy atom. The van der Waals surface area contributed by atoms with Gasteiger partial charge in [0.15, 0.2) is 0 Å². The minimum atomic E-state index is -0.687. The van der Waals surface area contributed by atoms with Crippen molar-refractivity contribution in [1.82, 2.24) is 4.90 Å². The molecule has 80 valence electrons. The van der Waals surface area contributed by atoms with E-state index in [-0.39, 0.29) is 6.04 Å². The maximum atomic E-state index is 11.0. The zero-order chi connectivity index (χ0) is 10.6. The average molecular weight is 197 g/mol. The molecule has 0 aliphatic carbocycles. The van der Waals surface area contributed by atoms with Gasteiger partial charge in [0, 0.05) is 6.54 Å². The molecule has 1 heterocycles. The number of carboxylic acid groups (broad SMARTS) is 1. The monoisotopic (exact) mass is 197 g/mol. The van der Waals surface area contributed by atoms with Gasteiger partial charge in [-0.1, -0.05) is 25.0 Å². The first kappa shape index (κ1) is 11.2. The fraction of sp³-hybridized carbons (Fsp3) is 0.727. The molecule has 0 aromatic carbocycles. The smallest absolute Gasteiger partial charge is 0.320 e. The van der Waals surface area contributed by atoms with Gasteiger partial charge in [0.05, 0.1) is 0 Å². The van der Waals surface area contributed by atoms with Crippen molar-refractivity contribution in [2.75, 3.05) is 13.1 Å². The summed E-state index contributed by atoms with van der Waals surface area (Å²) in [7, 11) is 0. The third-order valence-corrected chi connectivity index (χ3v) is 2.62. The van der Waals surface area contributed by atoms with E-state index in [1.54, 1.807) is 0 Å². The van der Waals surface area contributed by atoms with Gasteiger partial charge in [0.2, 0.25) is 0 Å². The molecule has 14 heavy (non-hydrogen) atoms. The van der Waals surface area contributed by atoms with Gasteiger partial charge in [-0.2, -0.15) is 0 Å². The minimum absolute atomic E-state index is 0.297. The van der Waals surface area contributed by atoms with Crippen LogP contribution in [0.3, 0.4) is 0 Å². The molecule has 1 aliphatic rings. The van der Waals surface area contributed by atoms with Crippen molar-refractivity contribution in [3.8, 4) is 0 Å². The maximum absolute atomic E-state index is 11.0. The van der Waals surface area contributed by atoms with Crippen LogP contribution in [-0.4, -0.2) is 35.1 Å². The first-order valence-corrected chi connectivity index (χ1v) is 5.22. The van der Waals surface area contributed by atoms with Crippen LogP contribution >= 0.6 is 0 Å². The molecule has 1 fully saturated rings. The van der Waals surface area contributed by atoms with E-state index in [9.17, 15) is 4.79 Å². The van der Waals surface area contributed by atoms with Gasteiger partial charge in [-0.3, -0.25) is 9.69 Å². The molecule has 3 heteroatoms. The van der Waals surface area contributed by atoms with Crippen LogP contribution in [0.25, 0.3) is 0 Å². The Balaban J connectivity index is 2.63. The molecular formula is C11H19NO2. The number of nitrogens with zero attached hydrogens (tertiary/aromatic N) is 1. The van der Waals surface area contributed by atoms with Crippen LogP contribution in [0.4, 0.5) is 0 Å². The quantitative estimate of drug-likeness (QED) is 0.702. The fourth-order valence-electron chi connectivity index (χ4n) is 1.98. The molecule has 0 saturated carbocycles. The van der Waals surface area contributed by atoms with Gasteiger partial charge >= 0.3 is 5.97 Å². The van der Waals surface area contributed by atoms with Crippen LogP contribution in [0, 0.1) is 0 Å². The third kappa shape index (κ3) is 3.14. The lowest BCUT2D eigenvalue weighted by Gasteiger charge is -2.26. The number of hydrogen-bond donors (Lipinski definition) is 1. The molecule has 0 radical (unpaired) electrons. The largest absolute Gasteiger partial charge is 0.480 e. The number of hydrogen-bond acceptors (Lipinski definition) is 2. The Hall–Kier alpha value is -0.830. The van der Waals surface area contributed by atoms with Crippen molar-refractivity contribution in [2.24, 2.45) is 0 Å². The Bertz CT molecular complexity index is 225. The van der Waals surface area contributed by atoms with Crippen molar-refractivity contribution < 1.29 is 9.90 Å². The van der Waals surface area contributed by atoms with Crippen molar-refractivity contribution >= 4 is 5.97 Å². The highest BCUT2D eigenvalue weighted by molar-refractivity contribution is 5.73. The third-order valence-electron chi connectivity index (χ3n) is 2.62. The predicted molar refractivity (Wildman–Crippen MR) is 56.3 cm³/mol. The van der Waals surface area contributed by atoms with Crippen LogP contribution < -0.4 is 0 Å². The van der Waals surface area contributed by atoms with E-state index in [2.05, 4.69) is 6.58 Å². The molecule has 1 rings (SSSR count). The second-order valence-electron chi connectivity index (χ2n) is 4.13. The van der Waals surface area contributed by atoms with Crippen molar-refractivity contribution in [3.63, 3.8) is 0 Å². The first-order valence-electron chi connectivity index (χ1n) is 5.22. The lowest BCUT2D eigenvalue weighted by atomic mass is 10.1. The van der Waals surface area contributed by atoms with Crippen molar-refractivity contribution in [2.45, 2.75) is 38.6 Å². The van der Waals surface area contributed by atoms with Crippen molar-refractivity contribution in [1.29, 1.82) is 0 Å². The summed E-state index contributed by atoms with van der Waals surface area (Å²) in [5.74, 6) is -0.687. The molecule has 1 saturated heterocycles. The summed E-state index contributed by atoms with van der Waals surface area (Å²) >= 11 is 0. The summed E-state index contributed by atoms with van der Waals surface area (Å²) in [6.45, 7) is 7.40. The first-order chi connectivity index (χ1) is 6.61. The normalized spacial score (nSPS) is 24.2. The van der Waals surface area contributed by atoms with Crippen LogP contribution in [0.2, 0.25) is 0 Å². The van der Waals surface area contributed by atoms with Crippen LogP contribution in [0.5, 0.6) is 0 Å². The van der Waals surface area contributed by atoms with E-state index in [1.165, 1.54) is 0 Å². The predicted octanol–water partition coefficient (Wildman–Crippen LogP) is 1.89. The molecule has 0 aromatic rings. The molecule has 0 bridgehead atoms. The topological polar surface area (TPSA) is 40.5 Å². The summed E-state index contributed by atoms with van der Waals surface area (Å²) in [4.78, 5) is 13.1. The number of carboxylic acids is 1. The molecule has 1 aliphatic heterocycles. The summed E-state index contributed by atoms with van der Waals surface area (Å²) < 4.78 is 0. The van der Waals surface area contributed by atoms with E-state index >= 15 is 0 Å². The molecule has 0 amide bonds. The lowest BCUT2D eigenvalue weighted by molar-refractivity contribution is -0.143. The maximum Gasteiger partial charge on any atom is 0.320 e. The molecule has 1 atom stereocenters. The van der Waals surface area contributed by atoms with Gasteiger partial charge < -0.3 is 5.11 Å². The number of likely N-dealkylation sites (tertiary alicyclic amines) is 1. The van der Waals surface area contributed by atoms with E-state index < -0.39 is 5.97 Å². The SMILES string of the molecule is C=C(C)CN1CCCCCC1C(=O)O. The zero-order valence-corrected chi connectivity index (χ0v) is 8.83. The Labute approximate surface area is 85.4 Å². The van der Waals surface area contributed by atoms with Gasteiger partial charge in [0.1, 0.15) is 6.04 Å². The minimum Gasteiger partial charge on any atom is -0.480 e. The lowest BCUT2D eigenvalue weighted by Crippen LogP contribution is -2.41. The summed E-state index contributed by atoms with van der Waals surface area (Å²) in [6, 6.07) is -0.297.